The lowest BCUT2D eigenvalue weighted by Gasteiger charge is -2.18. The number of thioether (sulfide) groups is 1. The lowest BCUT2D eigenvalue weighted by atomic mass is 10.2. The van der Waals surface area contributed by atoms with Gasteiger partial charge >= 0.3 is 5.97 Å². The average Bonchev–Trinajstić information content (AvgIpc) is 2.54. The van der Waals surface area contributed by atoms with Gasteiger partial charge in [0.25, 0.3) is 5.91 Å². The molecule has 1 aromatic rings. The molecule has 1 rings (SSSR count). The number of carboxylic acid groups (broad SMARTS) is 1. The van der Waals surface area contributed by atoms with E-state index in [0.717, 1.165) is 18.2 Å². The van der Waals surface area contributed by atoms with Crippen molar-refractivity contribution in [1.82, 2.24) is 10.6 Å². The van der Waals surface area contributed by atoms with Crippen molar-refractivity contribution in [2.24, 2.45) is 0 Å². The summed E-state index contributed by atoms with van der Waals surface area (Å²) in [7, 11) is 0. The first-order valence-electron chi connectivity index (χ1n) is 7.86. The minimum Gasteiger partial charge on any atom is -0.480 e. The van der Waals surface area contributed by atoms with Crippen LogP contribution in [0.15, 0.2) is 29.2 Å². The molecule has 3 atom stereocenters. The van der Waals surface area contributed by atoms with Crippen LogP contribution in [0.5, 0.6) is 0 Å². The van der Waals surface area contributed by atoms with Crippen LogP contribution in [0.1, 0.15) is 44.5 Å². The van der Waals surface area contributed by atoms with Crippen LogP contribution in [0.25, 0.3) is 0 Å². The molecule has 3 N–H and O–H groups in total. The first kappa shape index (κ1) is 20.0. The van der Waals surface area contributed by atoms with E-state index in [4.69, 9.17) is 5.11 Å². The predicted molar refractivity (Wildman–Crippen MR) is 94.2 cm³/mol. The number of hydrogen-bond acceptors (Lipinski definition) is 4. The van der Waals surface area contributed by atoms with E-state index in [1.54, 1.807) is 38.1 Å². The van der Waals surface area contributed by atoms with Gasteiger partial charge in [0.2, 0.25) is 5.91 Å². The average molecular weight is 352 g/mol. The molecule has 1 aromatic carbocycles. The maximum Gasteiger partial charge on any atom is 0.316 e. The zero-order valence-electron chi connectivity index (χ0n) is 14.3. The standard InChI is InChI=1S/C17H24N2O4S/c1-5-10(2)18-15(20)11(3)19-16(21)13-8-6-7-9-14(13)24-12(4)17(22)23/h6-12H,5H2,1-4H3,(H,18,20)(H,19,21)(H,22,23). The monoisotopic (exact) mass is 352 g/mol. The molecule has 0 aromatic heterocycles. The molecule has 0 spiro atoms. The summed E-state index contributed by atoms with van der Waals surface area (Å²) < 4.78 is 0. The summed E-state index contributed by atoms with van der Waals surface area (Å²) in [6, 6.07) is 6.12. The molecule has 0 saturated carbocycles. The van der Waals surface area contributed by atoms with Crippen molar-refractivity contribution in [2.45, 2.75) is 56.3 Å². The van der Waals surface area contributed by atoms with Gasteiger partial charge in [-0.1, -0.05) is 19.1 Å². The van der Waals surface area contributed by atoms with Crippen LogP contribution in [0.4, 0.5) is 0 Å². The third-order valence-electron chi connectivity index (χ3n) is 3.53. The normalized spacial score (nSPS) is 14.3. The zero-order valence-corrected chi connectivity index (χ0v) is 15.1. The number of aliphatic carboxylic acids is 1. The van der Waals surface area contributed by atoms with Crippen LogP contribution in [0.2, 0.25) is 0 Å². The predicted octanol–water partition coefficient (Wildman–Crippen LogP) is 2.28. The van der Waals surface area contributed by atoms with Crippen LogP contribution in [0, 0.1) is 0 Å². The van der Waals surface area contributed by atoms with Crippen molar-refractivity contribution in [2.75, 3.05) is 0 Å². The molecule has 0 aliphatic heterocycles. The van der Waals surface area contributed by atoms with Crippen molar-refractivity contribution in [3.8, 4) is 0 Å². The SMILES string of the molecule is CCC(C)NC(=O)C(C)NC(=O)c1ccccc1SC(C)C(=O)O. The van der Waals surface area contributed by atoms with Gasteiger partial charge in [0.1, 0.15) is 11.3 Å². The summed E-state index contributed by atoms with van der Waals surface area (Å²) in [6.45, 7) is 7.03. The number of rotatable bonds is 8. The van der Waals surface area contributed by atoms with Gasteiger partial charge in [0, 0.05) is 10.9 Å². The van der Waals surface area contributed by atoms with Gasteiger partial charge in [-0.2, -0.15) is 0 Å². The Hall–Kier alpha value is -2.02. The molecule has 0 fully saturated rings. The highest BCUT2D eigenvalue weighted by atomic mass is 32.2. The molecule has 2 amide bonds. The van der Waals surface area contributed by atoms with Gasteiger partial charge in [-0.25, -0.2) is 0 Å². The molecule has 0 heterocycles. The quantitative estimate of drug-likeness (QED) is 0.624. The minimum atomic E-state index is -0.948. The maximum atomic E-state index is 12.4. The zero-order chi connectivity index (χ0) is 18.3. The molecule has 0 aliphatic rings. The third kappa shape index (κ3) is 5.88. The molecule has 0 radical (unpaired) electrons. The van der Waals surface area contributed by atoms with Crippen molar-refractivity contribution >= 4 is 29.5 Å². The fourth-order valence-corrected chi connectivity index (χ4v) is 2.73. The number of hydrogen-bond donors (Lipinski definition) is 3. The van der Waals surface area contributed by atoms with Crippen LogP contribution in [0.3, 0.4) is 0 Å². The molecule has 0 aliphatic carbocycles. The van der Waals surface area contributed by atoms with E-state index in [1.807, 2.05) is 13.8 Å². The molecular formula is C17H24N2O4S. The maximum absolute atomic E-state index is 12.4. The van der Waals surface area contributed by atoms with Crippen molar-refractivity contribution in [3.63, 3.8) is 0 Å². The van der Waals surface area contributed by atoms with E-state index >= 15 is 0 Å². The van der Waals surface area contributed by atoms with E-state index in [1.165, 1.54) is 0 Å². The largest absolute Gasteiger partial charge is 0.480 e. The molecule has 24 heavy (non-hydrogen) atoms. The molecule has 0 saturated heterocycles. The Labute approximate surface area is 146 Å². The summed E-state index contributed by atoms with van der Waals surface area (Å²) in [5.41, 5.74) is 0.360. The summed E-state index contributed by atoms with van der Waals surface area (Å²) >= 11 is 1.10. The summed E-state index contributed by atoms with van der Waals surface area (Å²) in [6.07, 6.45) is 0.805. The smallest absolute Gasteiger partial charge is 0.316 e. The fraction of sp³-hybridized carbons (Fsp3) is 0.471. The van der Waals surface area contributed by atoms with E-state index < -0.39 is 23.2 Å². The fourth-order valence-electron chi connectivity index (χ4n) is 1.81. The number of carboxylic acids is 1. The Balaban J connectivity index is 2.81. The van der Waals surface area contributed by atoms with Gasteiger partial charge in [-0.05, 0) is 39.3 Å². The van der Waals surface area contributed by atoms with Gasteiger partial charge in [0.15, 0.2) is 0 Å². The lowest BCUT2D eigenvalue weighted by Crippen LogP contribution is -2.47. The van der Waals surface area contributed by atoms with Gasteiger partial charge in [-0.15, -0.1) is 11.8 Å². The number of carbonyl (C=O) groups is 3. The topological polar surface area (TPSA) is 95.5 Å². The highest BCUT2D eigenvalue weighted by Crippen LogP contribution is 2.27. The second kappa shape index (κ2) is 9.32. The third-order valence-corrected chi connectivity index (χ3v) is 4.69. The summed E-state index contributed by atoms with van der Waals surface area (Å²) in [4.78, 5) is 36.0. The number of carbonyl (C=O) groups excluding carboxylic acids is 2. The second-order valence-corrected chi connectivity index (χ2v) is 6.99. The molecule has 132 valence electrons. The van der Waals surface area contributed by atoms with Crippen LogP contribution in [-0.4, -0.2) is 40.2 Å². The van der Waals surface area contributed by atoms with Crippen LogP contribution in [-0.2, 0) is 9.59 Å². The highest BCUT2D eigenvalue weighted by molar-refractivity contribution is 8.00. The summed E-state index contributed by atoms with van der Waals surface area (Å²) in [5, 5.41) is 13.8. The van der Waals surface area contributed by atoms with E-state index in [0.29, 0.717) is 10.5 Å². The van der Waals surface area contributed by atoms with Crippen LogP contribution >= 0.6 is 11.8 Å². The molecule has 3 unspecified atom stereocenters. The molecular weight excluding hydrogens is 328 g/mol. The Bertz CT molecular complexity index is 606. The lowest BCUT2D eigenvalue weighted by molar-refractivity contribution is -0.136. The van der Waals surface area contributed by atoms with Crippen molar-refractivity contribution in [1.29, 1.82) is 0 Å². The highest BCUT2D eigenvalue weighted by Gasteiger charge is 2.21. The Morgan fingerprint density at radius 2 is 1.75 bits per heavy atom. The van der Waals surface area contributed by atoms with Crippen molar-refractivity contribution in [3.05, 3.63) is 29.8 Å². The van der Waals surface area contributed by atoms with Crippen LogP contribution < -0.4 is 10.6 Å². The first-order valence-corrected chi connectivity index (χ1v) is 8.73. The second-order valence-electron chi connectivity index (χ2n) is 5.61. The van der Waals surface area contributed by atoms with Gasteiger partial charge < -0.3 is 15.7 Å². The van der Waals surface area contributed by atoms with E-state index in [-0.39, 0.29) is 11.9 Å². The molecule has 0 bridgehead atoms. The Morgan fingerprint density at radius 1 is 1.12 bits per heavy atom. The summed E-state index contributed by atoms with van der Waals surface area (Å²) in [5.74, 6) is -1.60. The number of benzene rings is 1. The number of amides is 2. The molecule has 7 heteroatoms. The number of nitrogens with one attached hydrogen (secondary N) is 2. The van der Waals surface area contributed by atoms with Gasteiger partial charge in [0.05, 0.1) is 5.56 Å². The van der Waals surface area contributed by atoms with Gasteiger partial charge in [-0.3, -0.25) is 14.4 Å². The Kier molecular flexibility index (Phi) is 7.78. The van der Waals surface area contributed by atoms with E-state index in [9.17, 15) is 14.4 Å². The minimum absolute atomic E-state index is 0.0381. The Morgan fingerprint density at radius 3 is 2.33 bits per heavy atom. The first-order chi connectivity index (χ1) is 11.3. The van der Waals surface area contributed by atoms with Crippen molar-refractivity contribution < 1.29 is 19.5 Å². The van der Waals surface area contributed by atoms with E-state index in [2.05, 4.69) is 10.6 Å². The molecule has 6 nitrogen and oxygen atoms in total.